The molecule has 1 saturated heterocycles. The first-order valence-electron chi connectivity index (χ1n) is 18.8. The zero-order valence-corrected chi connectivity index (χ0v) is 28.6. The van der Waals surface area contributed by atoms with Gasteiger partial charge in [0.2, 0.25) is 12.6 Å². The molecule has 2 aliphatic heterocycles. The van der Waals surface area contributed by atoms with Gasteiger partial charge in [-0.25, -0.2) is 4.79 Å². The van der Waals surface area contributed by atoms with Crippen molar-refractivity contribution in [2.24, 2.45) is 5.92 Å². The smallest absolute Gasteiger partial charge is 0.453 e. The van der Waals surface area contributed by atoms with Gasteiger partial charge in [-0.3, -0.25) is 9.69 Å². The Morgan fingerprint density at radius 3 is 2.23 bits per heavy atom. The van der Waals surface area contributed by atoms with Gasteiger partial charge in [0.25, 0.3) is 5.79 Å². The van der Waals surface area contributed by atoms with E-state index in [1.54, 1.807) is 6.07 Å². The maximum Gasteiger partial charge on any atom is 0.511 e. The molecule has 0 radical (unpaired) electrons. The van der Waals surface area contributed by atoms with Crippen LogP contribution in [0.1, 0.15) is 140 Å². The molecule has 4 atom stereocenters. The standard InChI is InChI=1S/C38H57NO8/c1-2-3-4-5-6-7-8-9-10-11-12-13-14-15-24-44-35(41)46-27-45-30-19-18-29-25-31-37(42)21-20-32(40)38(43)36(37,33(29)34(30)47-38)22-23-39(31)26-28-16-17-28/h18-19,28,31,42-43H,2-17,20-27H2,1H3/t31?,36-,37-,38+/m1/s1. The quantitative estimate of drug-likeness (QED) is 0.0862. The monoisotopic (exact) mass is 655 g/mol. The molecule has 2 bridgehead atoms. The van der Waals surface area contributed by atoms with E-state index >= 15 is 0 Å². The summed E-state index contributed by atoms with van der Waals surface area (Å²) in [7, 11) is 0. The fourth-order valence-corrected chi connectivity index (χ4v) is 9.08. The third-order valence-corrected chi connectivity index (χ3v) is 11.8. The van der Waals surface area contributed by atoms with Crippen molar-refractivity contribution >= 4 is 11.9 Å². The third kappa shape index (κ3) is 6.78. The molecule has 1 aromatic carbocycles. The molecular formula is C38H57NO8. The van der Waals surface area contributed by atoms with Gasteiger partial charge >= 0.3 is 6.16 Å². The van der Waals surface area contributed by atoms with E-state index in [0.29, 0.717) is 43.9 Å². The van der Waals surface area contributed by atoms with Gasteiger partial charge < -0.3 is 29.2 Å². The molecule has 2 saturated carbocycles. The van der Waals surface area contributed by atoms with Crippen LogP contribution in [-0.2, 0) is 26.1 Å². The van der Waals surface area contributed by atoms with Crippen LogP contribution in [0.25, 0.3) is 0 Å². The Hall–Kier alpha value is -2.36. The maximum atomic E-state index is 13.3. The summed E-state index contributed by atoms with van der Waals surface area (Å²) in [6, 6.07) is 3.48. The van der Waals surface area contributed by atoms with Crippen LogP contribution in [-0.4, -0.2) is 71.0 Å². The van der Waals surface area contributed by atoms with Crippen molar-refractivity contribution in [2.45, 2.75) is 158 Å². The van der Waals surface area contributed by atoms with E-state index in [0.717, 1.165) is 31.4 Å². The lowest BCUT2D eigenvalue weighted by atomic mass is 9.47. The van der Waals surface area contributed by atoms with Crippen LogP contribution in [0, 0.1) is 5.92 Å². The minimum atomic E-state index is -2.16. The molecule has 0 amide bonds. The summed E-state index contributed by atoms with van der Waals surface area (Å²) < 4.78 is 22.4. The van der Waals surface area contributed by atoms with Gasteiger partial charge in [0, 0.05) is 24.6 Å². The van der Waals surface area contributed by atoms with E-state index in [4.69, 9.17) is 18.9 Å². The lowest BCUT2D eigenvalue weighted by Gasteiger charge is -2.64. The highest BCUT2D eigenvalue weighted by Gasteiger charge is 2.79. The Bertz CT molecular complexity index is 1250. The summed E-state index contributed by atoms with van der Waals surface area (Å²) in [5.41, 5.74) is -0.916. The Labute approximate surface area is 280 Å². The van der Waals surface area contributed by atoms with Crippen LogP contribution in [0.3, 0.4) is 0 Å². The van der Waals surface area contributed by atoms with E-state index in [1.165, 1.54) is 83.5 Å². The van der Waals surface area contributed by atoms with Crippen LogP contribution in [0.2, 0.25) is 0 Å². The molecule has 2 N–H and O–H groups in total. The minimum absolute atomic E-state index is 0.0519. The number of hydrogen-bond acceptors (Lipinski definition) is 9. The molecule has 1 unspecified atom stereocenters. The first-order valence-corrected chi connectivity index (χ1v) is 18.8. The molecule has 0 aromatic heterocycles. The SMILES string of the molecule is CCCCCCCCCCCCCCCCOC(=O)OCOc1ccc2c3c1O[C@@]1(O)C(=O)CC[C@@]4(O)C(C2)N(CC2CC2)CC[C@]314. The number of benzene rings is 1. The van der Waals surface area contributed by atoms with Gasteiger partial charge in [-0.05, 0) is 62.6 Å². The minimum Gasteiger partial charge on any atom is -0.453 e. The highest BCUT2D eigenvalue weighted by molar-refractivity contribution is 5.92. The summed E-state index contributed by atoms with van der Waals surface area (Å²) in [6.07, 6.45) is 20.7. The van der Waals surface area contributed by atoms with Crippen molar-refractivity contribution in [3.8, 4) is 11.5 Å². The molecule has 9 nitrogen and oxygen atoms in total. The number of piperidine rings is 1. The van der Waals surface area contributed by atoms with Crippen LogP contribution < -0.4 is 9.47 Å². The average molecular weight is 656 g/mol. The Balaban J connectivity index is 0.932. The van der Waals surface area contributed by atoms with Crippen molar-refractivity contribution in [3.63, 3.8) is 0 Å². The summed E-state index contributed by atoms with van der Waals surface area (Å²) in [5, 5.41) is 24.4. The average Bonchev–Trinajstić information content (AvgIpc) is 3.82. The van der Waals surface area contributed by atoms with Gasteiger partial charge in [-0.1, -0.05) is 96.5 Å². The van der Waals surface area contributed by atoms with Gasteiger partial charge in [0.15, 0.2) is 11.5 Å². The molecule has 9 heteroatoms. The van der Waals surface area contributed by atoms with Crippen molar-refractivity contribution in [2.75, 3.05) is 26.5 Å². The number of nitrogens with zero attached hydrogens (tertiary/aromatic N) is 1. The number of ketones is 1. The first-order chi connectivity index (χ1) is 22.8. The fraction of sp³-hybridized carbons (Fsp3) is 0.789. The second kappa shape index (κ2) is 15.0. The first kappa shape index (κ1) is 34.5. The fourth-order valence-electron chi connectivity index (χ4n) is 9.08. The maximum absolute atomic E-state index is 13.3. The van der Waals surface area contributed by atoms with E-state index in [2.05, 4.69) is 11.8 Å². The molecule has 6 rings (SSSR count). The van der Waals surface area contributed by atoms with Crippen LogP contribution >= 0.6 is 0 Å². The van der Waals surface area contributed by atoms with E-state index in [-0.39, 0.29) is 24.0 Å². The lowest BCUT2D eigenvalue weighted by Crippen LogP contribution is -2.80. The lowest BCUT2D eigenvalue weighted by molar-refractivity contribution is -0.267. The van der Waals surface area contributed by atoms with E-state index in [9.17, 15) is 19.8 Å². The number of Topliss-reactive ketones (excluding diaryl/α,β-unsaturated/α-hetero) is 1. The van der Waals surface area contributed by atoms with E-state index < -0.39 is 35.5 Å². The number of likely N-dealkylation sites (tertiary alicyclic amines) is 1. The summed E-state index contributed by atoms with van der Waals surface area (Å²) in [5.74, 6) is -1.36. The zero-order chi connectivity index (χ0) is 32.9. The van der Waals surface area contributed by atoms with Gasteiger partial charge in [-0.15, -0.1) is 0 Å². The van der Waals surface area contributed by atoms with Crippen LogP contribution in [0.4, 0.5) is 4.79 Å². The number of rotatable bonds is 20. The summed E-state index contributed by atoms with van der Waals surface area (Å²) >= 11 is 0. The van der Waals surface area contributed by atoms with Gasteiger partial charge in [-0.2, -0.15) is 0 Å². The summed E-state index contributed by atoms with van der Waals surface area (Å²) in [4.78, 5) is 27.9. The van der Waals surface area contributed by atoms with Crippen molar-refractivity contribution in [3.05, 3.63) is 23.3 Å². The number of unbranched alkanes of at least 4 members (excludes halogenated alkanes) is 13. The van der Waals surface area contributed by atoms with Gasteiger partial charge in [0.05, 0.1) is 12.2 Å². The third-order valence-electron chi connectivity index (χ3n) is 11.8. The number of hydrogen-bond donors (Lipinski definition) is 2. The van der Waals surface area contributed by atoms with Crippen molar-refractivity contribution in [1.82, 2.24) is 4.90 Å². The van der Waals surface area contributed by atoms with Crippen molar-refractivity contribution in [1.29, 1.82) is 0 Å². The number of carbonyl (C=O) groups excluding carboxylic acids is 2. The molecule has 3 fully saturated rings. The topological polar surface area (TPSA) is 115 Å². The van der Waals surface area contributed by atoms with Gasteiger partial charge in [0.1, 0.15) is 5.41 Å². The molecule has 47 heavy (non-hydrogen) atoms. The Morgan fingerprint density at radius 1 is 0.915 bits per heavy atom. The molecule has 1 spiro atoms. The van der Waals surface area contributed by atoms with Crippen LogP contribution in [0.5, 0.6) is 11.5 Å². The number of ether oxygens (including phenoxy) is 4. The second-order valence-electron chi connectivity index (χ2n) is 14.9. The Morgan fingerprint density at radius 2 is 1.57 bits per heavy atom. The molecule has 1 aromatic rings. The number of carbonyl (C=O) groups is 2. The molecular weight excluding hydrogens is 598 g/mol. The molecule has 3 aliphatic carbocycles. The second-order valence-corrected chi connectivity index (χ2v) is 14.9. The largest absolute Gasteiger partial charge is 0.511 e. The normalized spacial score (nSPS) is 28.9. The summed E-state index contributed by atoms with van der Waals surface area (Å²) in [6.45, 7) is 3.79. The highest BCUT2D eigenvalue weighted by atomic mass is 16.8. The number of aliphatic hydroxyl groups is 2. The predicted octanol–water partition coefficient (Wildman–Crippen LogP) is 7.11. The molecule has 5 aliphatic rings. The molecule has 2 heterocycles. The van der Waals surface area contributed by atoms with Crippen LogP contribution in [0.15, 0.2) is 12.1 Å². The predicted molar refractivity (Wildman–Crippen MR) is 178 cm³/mol. The van der Waals surface area contributed by atoms with E-state index in [1.807, 2.05) is 6.07 Å². The zero-order valence-electron chi connectivity index (χ0n) is 28.6. The molecule has 262 valence electrons. The highest BCUT2D eigenvalue weighted by Crippen LogP contribution is 2.68. The van der Waals surface area contributed by atoms with Crippen molar-refractivity contribution < 1.29 is 38.7 Å². The Kier molecular flexibility index (Phi) is 11.0.